The molecule has 2 aromatic rings. The molecule has 2 unspecified atom stereocenters. The quantitative estimate of drug-likeness (QED) is 0.933. The number of hydrogen-bond donors (Lipinski definition) is 1. The van der Waals surface area contributed by atoms with E-state index < -0.39 is 0 Å². The van der Waals surface area contributed by atoms with Gasteiger partial charge in [-0.1, -0.05) is 39.0 Å². The van der Waals surface area contributed by atoms with Crippen molar-refractivity contribution < 1.29 is 0 Å². The summed E-state index contributed by atoms with van der Waals surface area (Å²) in [5.41, 5.74) is 1.65. The first-order valence-corrected chi connectivity index (χ1v) is 8.46. The summed E-state index contributed by atoms with van der Waals surface area (Å²) in [6.45, 7) is 7.85. The van der Waals surface area contributed by atoms with E-state index in [4.69, 9.17) is 0 Å². The number of aromatic nitrogens is 2. The van der Waals surface area contributed by atoms with Crippen LogP contribution in [0, 0.1) is 5.41 Å². The predicted octanol–water partition coefficient (Wildman–Crippen LogP) is 3.73. The number of imidazole rings is 1. The van der Waals surface area contributed by atoms with E-state index in [1.54, 1.807) is 0 Å². The van der Waals surface area contributed by atoms with E-state index in [1.807, 2.05) is 30.5 Å². The highest BCUT2D eigenvalue weighted by molar-refractivity contribution is 7.99. The number of thioether (sulfide) groups is 1. The van der Waals surface area contributed by atoms with Crippen molar-refractivity contribution in [1.29, 1.82) is 0 Å². The summed E-state index contributed by atoms with van der Waals surface area (Å²) >= 11 is 1.95. The topological polar surface area (TPSA) is 29.9 Å². The molecule has 2 atom stereocenters. The van der Waals surface area contributed by atoms with Gasteiger partial charge in [0, 0.05) is 41.7 Å². The molecule has 0 spiro atoms. The van der Waals surface area contributed by atoms with Crippen molar-refractivity contribution in [3.8, 4) is 0 Å². The van der Waals surface area contributed by atoms with Crippen LogP contribution in [0.5, 0.6) is 0 Å². The molecule has 0 saturated carbocycles. The lowest BCUT2D eigenvalue weighted by molar-refractivity contribution is 0.227. The van der Waals surface area contributed by atoms with Crippen LogP contribution in [0.3, 0.4) is 0 Å². The van der Waals surface area contributed by atoms with Gasteiger partial charge >= 0.3 is 0 Å². The minimum Gasteiger partial charge on any atom is -0.336 e. The molecule has 0 amide bonds. The van der Waals surface area contributed by atoms with Gasteiger partial charge in [-0.3, -0.25) is 0 Å². The van der Waals surface area contributed by atoms with Gasteiger partial charge in [0.05, 0.1) is 6.33 Å². The normalized spacial score (nSPS) is 19.5. The number of benzene rings is 1. The second kappa shape index (κ2) is 5.85. The third-order valence-corrected chi connectivity index (χ3v) is 5.28. The second-order valence-electron chi connectivity index (χ2n) is 6.75. The first-order valence-electron chi connectivity index (χ1n) is 7.47. The Labute approximate surface area is 131 Å². The summed E-state index contributed by atoms with van der Waals surface area (Å²) in [7, 11) is 0. The van der Waals surface area contributed by atoms with Crippen LogP contribution in [0.25, 0.3) is 0 Å². The molecular weight excluding hydrogens is 278 g/mol. The zero-order valence-corrected chi connectivity index (χ0v) is 13.7. The van der Waals surface area contributed by atoms with E-state index in [-0.39, 0.29) is 5.41 Å². The maximum Gasteiger partial charge on any atom is 0.0946 e. The fraction of sp³-hybridized carbons (Fsp3) is 0.471. The molecule has 1 aliphatic heterocycles. The van der Waals surface area contributed by atoms with Crippen LogP contribution in [0.1, 0.15) is 32.4 Å². The number of fused-ring (bicyclic) bond motifs is 1. The Hall–Kier alpha value is -1.26. The van der Waals surface area contributed by atoms with Crippen molar-refractivity contribution >= 4 is 11.8 Å². The lowest BCUT2D eigenvalue weighted by atomic mass is 9.85. The minimum atomic E-state index is 0.201. The van der Waals surface area contributed by atoms with Crippen molar-refractivity contribution in [3.63, 3.8) is 0 Å². The molecule has 2 heterocycles. The van der Waals surface area contributed by atoms with E-state index in [0.717, 1.165) is 12.3 Å². The Kier molecular flexibility index (Phi) is 4.09. The van der Waals surface area contributed by atoms with E-state index in [0.29, 0.717) is 12.1 Å². The summed E-state index contributed by atoms with van der Waals surface area (Å²) in [6, 6.07) is 9.60. The van der Waals surface area contributed by atoms with Gasteiger partial charge in [-0.05, 0) is 17.0 Å². The average molecular weight is 301 g/mol. The van der Waals surface area contributed by atoms with Gasteiger partial charge in [0.2, 0.25) is 0 Å². The van der Waals surface area contributed by atoms with E-state index in [1.165, 1.54) is 10.5 Å². The van der Waals surface area contributed by atoms with Crippen molar-refractivity contribution in [2.24, 2.45) is 5.41 Å². The molecule has 0 saturated heterocycles. The summed E-state index contributed by atoms with van der Waals surface area (Å²) in [6.07, 6.45) is 5.79. The second-order valence-corrected chi connectivity index (χ2v) is 7.81. The molecule has 1 N–H and O–H groups in total. The zero-order chi connectivity index (χ0) is 14.9. The van der Waals surface area contributed by atoms with Crippen molar-refractivity contribution in [3.05, 3.63) is 48.5 Å². The summed E-state index contributed by atoms with van der Waals surface area (Å²) in [4.78, 5) is 5.58. The standard InChI is InChI=1S/C17H23N3S/c1-17(2,3)16(10-20-9-8-18-12-20)19-14-11-21-15-7-5-4-6-13(14)15/h4-9,12,14,16,19H,10-11H2,1-3H3. The Morgan fingerprint density at radius 3 is 2.90 bits per heavy atom. The van der Waals surface area contributed by atoms with Gasteiger partial charge < -0.3 is 9.88 Å². The lowest BCUT2D eigenvalue weighted by Crippen LogP contribution is -2.45. The van der Waals surface area contributed by atoms with Gasteiger partial charge in [0.25, 0.3) is 0 Å². The lowest BCUT2D eigenvalue weighted by Gasteiger charge is -2.34. The fourth-order valence-electron chi connectivity index (χ4n) is 2.73. The number of rotatable bonds is 4. The molecule has 1 aromatic heterocycles. The van der Waals surface area contributed by atoms with Crippen LogP contribution in [-0.2, 0) is 6.54 Å². The smallest absolute Gasteiger partial charge is 0.0946 e. The maximum absolute atomic E-state index is 4.16. The number of nitrogens with zero attached hydrogens (tertiary/aromatic N) is 2. The maximum atomic E-state index is 4.16. The van der Waals surface area contributed by atoms with Gasteiger partial charge in [-0.2, -0.15) is 0 Å². The minimum absolute atomic E-state index is 0.201. The highest BCUT2D eigenvalue weighted by atomic mass is 32.2. The van der Waals surface area contributed by atoms with Crippen LogP contribution < -0.4 is 5.32 Å². The highest BCUT2D eigenvalue weighted by Crippen LogP contribution is 2.39. The summed E-state index contributed by atoms with van der Waals surface area (Å²) in [5.74, 6) is 1.12. The molecule has 112 valence electrons. The Morgan fingerprint density at radius 2 is 2.19 bits per heavy atom. The molecule has 1 aromatic carbocycles. The van der Waals surface area contributed by atoms with E-state index in [2.05, 4.69) is 59.9 Å². The first kappa shape index (κ1) is 14.7. The van der Waals surface area contributed by atoms with Crippen LogP contribution in [0.15, 0.2) is 47.9 Å². The molecular formula is C17H23N3S. The molecule has 1 aliphatic rings. The molecule has 21 heavy (non-hydrogen) atoms. The summed E-state index contributed by atoms with van der Waals surface area (Å²) < 4.78 is 2.16. The molecule has 0 aliphatic carbocycles. The monoisotopic (exact) mass is 301 g/mol. The van der Waals surface area contributed by atoms with Crippen molar-refractivity contribution in [2.45, 2.75) is 44.3 Å². The van der Waals surface area contributed by atoms with E-state index in [9.17, 15) is 0 Å². The molecule has 3 nitrogen and oxygen atoms in total. The third kappa shape index (κ3) is 3.33. The molecule has 0 fully saturated rings. The van der Waals surface area contributed by atoms with Crippen LogP contribution in [0.4, 0.5) is 0 Å². The van der Waals surface area contributed by atoms with Crippen LogP contribution >= 0.6 is 11.8 Å². The summed E-state index contributed by atoms with van der Waals surface area (Å²) in [5, 5.41) is 3.88. The third-order valence-electron chi connectivity index (χ3n) is 4.10. The highest BCUT2D eigenvalue weighted by Gasteiger charge is 2.30. The van der Waals surface area contributed by atoms with Crippen LogP contribution in [0.2, 0.25) is 0 Å². The molecule has 3 rings (SSSR count). The molecule has 4 heteroatoms. The first-order chi connectivity index (χ1) is 10.0. The molecule has 0 radical (unpaired) electrons. The van der Waals surface area contributed by atoms with Crippen molar-refractivity contribution in [2.75, 3.05) is 5.75 Å². The number of hydrogen-bond acceptors (Lipinski definition) is 3. The predicted molar refractivity (Wildman–Crippen MR) is 88.5 cm³/mol. The van der Waals surface area contributed by atoms with Crippen LogP contribution in [-0.4, -0.2) is 21.3 Å². The zero-order valence-electron chi connectivity index (χ0n) is 12.9. The average Bonchev–Trinajstić information content (AvgIpc) is 3.07. The van der Waals surface area contributed by atoms with Gasteiger partial charge in [0.1, 0.15) is 0 Å². The molecule has 0 bridgehead atoms. The Bertz CT molecular complexity index is 586. The van der Waals surface area contributed by atoms with Gasteiger partial charge in [0.15, 0.2) is 0 Å². The van der Waals surface area contributed by atoms with Gasteiger partial charge in [-0.25, -0.2) is 4.98 Å². The van der Waals surface area contributed by atoms with Crippen molar-refractivity contribution in [1.82, 2.24) is 14.9 Å². The fourth-order valence-corrected chi connectivity index (χ4v) is 3.90. The van der Waals surface area contributed by atoms with Gasteiger partial charge in [-0.15, -0.1) is 11.8 Å². The Morgan fingerprint density at radius 1 is 1.38 bits per heavy atom. The largest absolute Gasteiger partial charge is 0.336 e. The SMILES string of the molecule is CC(C)(C)C(Cn1ccnc1)NC1CSc2ccccc21. The Balaban J connectivity index is 1.76. The van der Waals surface area contributed by atoms with E-state index >= 15 is 0 Å². The number of nitrogens with one attached hydrogen (secondary N) is 1.